The fourth-order valence-electron chi connectivity index (χ4n) is 2.99. The van der Waals surface area contributed by atoms with Gasteiger partial charge in [-0.15, -0.1) is 0 Å². The summed E-state index contributed by atoms with van der Waals surface area (Å²) in [5.74, 6) is -0.325. The zero-order chi connectivity index (χ0) is 16.4. The highest BCUT2D eigenvalue weighted by molar-refractivity contribution is 6.00. The van der Waals surface area contributed by atoms with Crippen LogP contribution in [0, 0.1) is 0 Å². The quantitative estimate of drug-likeness (QED) is 0.855. The molecule has 1 heterocycles. The molecule has 2 aromatic carbocycles. The number of carbonyl (C=O) groups is 1. The van der Waals surface area contributed by atoms with Crippen LogP contribution < -0.4 is 11.1 Å². The molecule has 23 heavy (non-hydrogen) atoms. The number of nitrogens with two attached hydrogens (primary N) is 1. The Hall–Kier alpha value is -2.75. The highest BCUT2D eigenvalue weighted by atomic mass is 16.5. The van der Waals surface area contributed by atoms with Crippen LogP contribution in [0.1, 0.15) is 29.3 Å². The van der Waals surface area contributed by atoms with Crippen LogP contribution in [-0.2, 0) is 4.74 Å². The zero-order valence-corrected chi connectivity index (χ0v) is 13.3. The number of nitrogens with one attached hydrogen (secondary N) is 1. The van der Waals surface area contributed by atoms with Crippen molar-refractivity contribution in [1.29, 1.82) is 0 Å². The number of hydrogen-bond acceptors (Lipinski definition) is 4. The van der Waals surface area contributed by atoms with Crippen molar-refractivity contribution in [3.63, 3.8) is 0 Å². The summed E-state index contributed by atoms with van der Waals surface area (Å²) in [5, 5.41) is 5.45. The lowest BCUT2D eigenvalue weighted by molar-refractivity contribution is 0.0601. The molecule has 1 aliphatic rings. The van der Waals surface area contributed by atoms with Gasteiger partial charge in [0.2, 0.25) is 0 Å². The molecule has 3 rings (SSSR count). The summed E-state index contributed by atoms with van der Waals surface area (Å²) in [6, 6.07) is 12.0. The molecular weight excluding hydrogens is 288 g/mol. The lowest BCUT2D eigenvalue weighted by atomic mass is 9.90. The number of benzene rings is 2. The van der Waals surface area contributed by atoms with E-state index in [4.69, 9.17) is 10.5 Å². The molecule has 0 saturated carbocycles. The Morgan fingerprint density at radius 2 is 2.13 bits per heavy atom. The average molecular weight is 308 g/mol. The monoisotopic (exact) mass is 308 g/mol. The Balaban J connectivity index is 2.15. The van der Waals surface area contributed by atoms with Gasteiger partial charge in [-0.2, -0.15) is 0 Å². The molecule has 1 atom stereocenters. The highest BCUT2D eigenvalue weighted by Gasteiger charge is 2.18. The summed E-state index contributed by atoms with van der Waals surface area (Å²) in [6.45, 7) is 2.14. The average Bonchev–Trinajstić information content (AvgIpc) is 2.60. The molecule has 1 aliphatic heterocycles. The van der Waals surface area contributed by atoms with Gasteiger partial charge in [0.25, 0.3) is 0 Å². The first-order valence-electron chi connectivity index (χ1n) is 7.68. The first-order chi connectivity index (χ1) is 11.1. The summed E-state index contributed by atoms with van der Waals surface area (Å²) >= 11 is 0. The molecule has 0 aliphatic carbocycles. The van der Waals surface area contributed by atoms with Crippen molar-refractivity contribution in [1.82, 2.24) is 5.32 Å². The topological polar surface area (TPSA) is 64.3 Å². The number of hydrogen-bond donors (Lipinski definition) is 2. The maximum Gasteiger partial charge on any atom is 0.337 e. The van der Waals surface area contributed by atoms with Crippen molar-refractivity contribution in [3.8, 4) is 0 Å². The molecule has 1 unspecified atom stereocenters. The number of ether oxygens (including phenoxy) is 1. The zero-order valence-electron chi connectivity index (χ0n) is 13.3. The summed E-state index contributed by atoms with van der Waals surface area (Å²) < 4.78 is 4.80. The predicted octanol–water partition coefficient (Wildman–Crippen LogP) is 3.19. The van der Waals surface area contributed by atoms with Crippen LogP contribution in [0.3, 0.4) is 0 Å². The number of carbonyl (C=O) groups excluding carboxylic acids is 1. The Kier molecular flexibility index (Phi) is 4.06. The van der Waals surface area contributed by atoms with E-state index < -0.39 is 0 Å². The Bertz CT molecular complexity index is 821. The Morgan fingerprint density at radius 1 is 1.30 bits per heavy atom. The van der Waals surface area contributed by atoms with Crippen molar-refractivity contribution >= 4 is 22.3 Å². The van der Waals surface area contributed by atoms with Crippen LogP contribution in [0.25, 0.3) is 16.3 Å². The van der Waals surface area contributed by atoms with Crippen LogP contribution in [0.15, 0.2) is 54.4 Å². The van der Waals surface area contributed by atoms with Gasteiger partial charge in [-0.25, -0.2) is 4.79 Å². The Morgan fingerprint density at radius 3 is 2.87 bits per heavy atom. The molecule has 0 fully saturated rings. The fourth-order valence-corrected chi connectivity index (χ4v) is 2.99. The predicted molar refractivity (Wildman–Crippen MR) is 92.7 cm³/mol. The van der Waals surface area contributed by atoms with Crippen LogP contribution in [0.4, 0.5) is 0 Å². The third-order valence-electron chi connectivity index (χ3n) is 4.17. The molecule has 0 spiro atoms. The number of methoxy groups -OCH3 is 1. The number of dihydropyridines is 1. The second-order valence-corrected chi connectivity index (χ2v) is 5.60. The van der Waals surface area contributed by atoms with Crippen LogP contribution in [0.5, 0.6) is 0 Å². The highest BCUT2D eigenvalue weighted by Crippen LogP contribution is 2.31. The maximum absolute atomic E-state index is 11.7. The fraction of sp³-hybridized carbons (Fsp3) is 0.211. The first-order valence-corrected chi connectivity index (χ1v) is 7.68. The van der Waals surface area contributed by atoms with E-state index in [2.05, 4.69) is 18.3 Å². The molecule has 0 amide bonds. The van der Waals surface area contributed by atoms with Gasteiger partial charge in [0, 0.05) is 11.9 Å². The lowest BCUT2D eigenvalue weighted by Crippen LogP contribution is -2.29. The minimum atomic E-state index is -0.325. The Labute approximate surface area is 135 Å². The standard InChI is InChI=1S/C19H20N2O2/c1-3-18-17(10-14(20)11-21-18)16-6-4-5-12-9-13(19(22)23-2)7-8-15(12)16/h4-11,18,21H,3,20H2,1-2H3. The maximum atomic E-state index is 11.7. The third kappa shape index (κ3) is 2.80. The second-order valence-electron chi connectivity index (χ2n) is 5.60. The number of allylic oxidation sites excluding steroid dienone is 1. The molecule has 0 bridgehead atoms. The molecule has 4 heteroatoms. The van der Waals surface area contributed by atoms with E-state index in [-0.39, 0.29) is 12.0 Å². The first kappa shape index (κ1) is 15.2. The molecule has 2 aromatic rings. The SMILES string of the molecule is CCC1NC=C(N)C=C1c1cccc2cc(C(=O)OC)ccc12. The van der Waals surface area contributed by atoms with Crippen molar-refractivity contribution in [3.05, 3.63) is 65.5 Å². The van der Waals surface area contributed by atoms with Gasteiger partial charge in [-0.3, -0.25) is 0 Å². The van der Waals surface area contributed by atoms with Gasteiger partial charge in [-0.05, 0) is 46.5 Å². The summed E-state index contributed by atoms with van der Waals surface area (Å²) in [7, 11) is 1.39. The van der Waals surface area contributed by atoms with Crippen molar-refractivity contribution in [2.24, 2.45) is 5.73 Å². The van der Waals surface area contributed by atoms with E-state index in [1.165, 1.54) is 12.7 Å². The molecule has 118 valence electrons. The lowest BCUT2D eigenvalue weighted by Gasteiger charge is -2.25. The summed E-state index contributed by atoms with van der Waals surface area (Å²) in [5.41, 5.74) is 9.54. The molecule has 0 aromatic heterocycles. The van der Waals surface area contributed by atoms with Crippen molar-refractivity contribution in [2.75, 3.05) is 7.11 Å². The van der Waals surface area contributed by atoms with E-state index in [0.29, 0.717) is 11.3 Å². The van der Waals surface area contributed by atoms with Crippen molar-refractivity contribution < 1.29 is 9.53 Å². The molecular formula is C19H20N2O2. The smallest absolute Gasteiger partial charge is 0.337 e. The van der Waals surface area contributed by atoms with Gasteiger partial charge >= 0.3 is 5.97 Å². The minimum Gasteiger partial charge on any atom is -0.465 e. The van der Waals surface area contributed by atoms with E-state index in [1.807, 2.05) is 36.5 Å². The van der Waals surface area contributed by atoms with Crippen LogP contribution in [0.2, 0.25) is 0 Å². The number of fused-ring (bicyclic) bond motifs is 1. The number of esters is 1. The second kappa shape index (κ2) is 6.16. The summed E-state index contributed by atoms with van der Waals surface area (Å²) in [6.07, 6.45) is 4.83. The van der Waals surface area contributed by atoms with Crippen molar-refractivity contribution in [2.45, 2.75) is 19.4 Å². The van der Waals surface area contributed by atoms with E-state index in [1.54, 1.807) is 6.07 Å². The van der Waals surface area contributed by atoms with E-state index >= 15 is 0 Å². The van der Waals surface area contributed by atoms with Crippen LogP contribution >= 0.6 is 0 Å². The molecule has 3 N–H and O–H groups in total. The molecule has 0 saturated heterocycles. The van der Waals surface area contributed by atoms with Gasteiger partial charge < -0.3 is 15.8 Å². The molecule has 4 nitrogen and oxygen atoms in total. The number of rotatable bonds is 3. The largest absolute Gasteiger partial charge is 0.465 e. The summed E-state index contributed by atoms with van der Waals surface area (Å²) in [4.78, 5) is 11.7. The third-order valence-corrected chi connectivity index (χ3v) is 4.17. The van der Waals surface area contributed by atoms with Crippen LogP contribution in [-0.4, -0.2) is 19.1 Å². The van der Waals surface area contributed by atoms with Gasteiger partial charge in [0.1, 0.15) is 0 Å². The van der Waals surface area contributed by atoms with Gasteiger partial charge in [0.15, 0.2) is 0 Å². The normalized spacial score (nSPS) is 17.2. The van der Waals surface area contributed by atoms with E-state index in [0.717, 1.165) is 22.8 Å². The molecule has 0 radical (unpaired) electrons. The van der Waals surface area contributed by atoms with Gasteiger partial charge in [0.05, 0.1) is 18.7 Å². The minimum absolute atomic E-state index is 0.230. The van der Waals surface area contributed by atoms with E-state index in [9.17, 15) is 4.79 Å². The van der Waals surface area contributed by atoms with Gasteiger partial charge in [-0.1, -0.05) is 31.2 Å².